The molecule has 3 rings (SSSR count). The number of nitrogens with zero attached hydrogens (tertiary/aromatic N) is 2. The van der Waals surface area contributed by atoms with E-state index in [1.165, 1.54) is 11.3 Å². The van der Waals surface area contributed by atoms with Crippen molar-refractivity contribution in [2.24, 2.45) is 0 Å². The fraction of sp³-hybridized carbons (Fsp3) is 0.500. The molecule has 25 heavy (non-hydrogen) atoms. The molecule has 1 amide bonds. The van der Waals surface area contributed by atoms with E-state index in [0.29, 0.717) is 0 Å². The monoisotopic (exact) mass is 340 g/mol. The Kier molecular flexibility index (Phi) is 4.95. The van der Waals surface area contributed by atoms with Gasteiger partial charge >= 0.3 is 0 Å². The van der Waals surface area contributed by atoms with Gasteiger partial charge in [-0.05, 0) is 27.2 Å². The van der Waals surface area contributed by atoms with Gasteiger partial charge < -0.3 is 5.32 Å². The van der Waals surface area contributed by atoms with Gasteiger partial charge in [0.2, 0.25) is 5.91 Å². The predicted octanol–water partition coefficient (Wildman–Crippen LogP) is 3.13. The number of benzene rings is 1. The summed E-state index contributed by atoms with van der Waals surface area (Å²) < 4.78 is 0. The maximum atomic E-state index is 12.7. The molecule has 1 aliphatic rings. The minimum atomic E-state index is -0.212. The Morgan fingerprint density at radius 3 is 2.68 bits per heavy atom. The van der Waals surface area contributed by atoms with Crippen molar-refractivity contribution >= 4 is 5.91 Å². The standard InChI is InChI=1S/C20H28N4O/c1-5-17(19(25)21-20(2,3)4)24-12-11-16-15(13-24)18(23-22-16)14-9-7-6-8-10-14/h6-10,17H,5,11-13H2,1-4H3,(H,21,25)(H,22,23)/t17-/m0/s1. The van der Waals surface area contributed by atoms with E-state index in [-0.39, 0.29) is 17.5 Å². The smallest absolute Gasteiger partial charge is 0.237 e. The summed E-state index contributed by atoms with van der Waals surface area (Å²) in [5.41, 5.74) is 4.33. The first kappa shape index (κ1) is 17.7. The van der Waals surface area contributed by atoms with E-state index < -0.39 is 0 Å². The molecular weight excluding hydrogens is 312 g/mol. The summed E-state index contributed by atoms with van der Waals surface area (Å²) in [7, 11) is 0. The molecule has 0 fully saturated rings. The highest BCUT2D eigenvalue weighted by Gasteiger charge is 2.31. The van der Waals surface area contributed by atoms with Gasteiger partial charge in [0.05, 0.1) is 11.7 Å². The Bertz CT molecular complexity index is 730. The third kappa shape index (κ3) is 3.93. The fourth-order valence-electron chi connectivity index (χ4n) is 3.48. The van der Waals surface area contributed by atoms with Crippen molar-refractivity contribution in [3.63, 3.8) is 0 Å². The maximum Gasteiger partial charge on any atom is 0.237 e. The first-order valence-corrected chi connectivity index (χ1v) is 9.06. The number of fused-ring (bicyclic) bond motifs is 1. The Morgan fingerprint density at radius 2 is 2.04 bits per heavy atom. The van der Waals surface area contributed by atoms with Crippen LogP contribution in [0.15, 0.2) is 30.3 Å². The highest BCUT2D eigenvalue weighted by atomic mass is 16.2. The summed E-state index contributed by atoms with van der Waals surface area (Å²) >= 11 is 0. The number of carbonyl (C=O) groups is 1. The molecule has 0 radical (unpaired) electrons. The molecule has 134 valence electrons. The van der Waals surface area contributed by atoms with Crippen LogP contribution in [0.4, 0.5) is 0 Å². The van der Waals surface area contributed by atoms with Crippen molar-refractivity contribution < 1.29 is 4.79 Å². The summed E-state index contributed by atoms with van der Waals surface area (Å²) in [6, 6.07) is 10.1. The minimum Gasteiger partial charge on any atom is -0.350 e. The Morgan fingerprint density at radius 1 is 1.32 bits per heavy atom. The first-order chi connectivity index (χ1) is 11.9. The molecule has 1 aliphatic heterocycles. The average Bonchev–Trinajstić information content (AvgIpc) is 2.98. The molecular formula is C20H28N4O. The van der Waals surface area contributed by atoms with Gasteiger partial charge in [-0.1, -0.05) is 37.3 Å². The molecule has 1 aromatic carbocycles. The number of rotatable bonds is 4. The van der Waals surface area contributed by atoms with Crippen LogP contribution in [-0.2, 0) is 17.8 Å². The lowest BCUT2D eigenvalue weighted by atomic mass is 9.98. The second-order valence-corrected chi connectivity index (χ2v) is 7.78. The van der Waals surface area contributed by atoms with Crippen molar-refractivity contribution in [2.45, 2.75) is 58.7 Å². The van der Waals surface area contributed by atoms with Gasteiger partial charge in [-0.3, -0.25) is 14.8 Å². The largest absolute Gasteiger partial charge is 0.350 e. The fourth-order valence-corrected chi connectivity index (χ4v) is 3.48. The number of hydrogen-bond acceptors (Lipinski definition) is 3. The number of hydrogen-bond donors (Lipinski definition) is 2. The summed E-state index contributed by atoms with van der Waals surface area (Å²) in [6.07, 6.45) is 1.70. The van der Waals surface area contributed by atoms with E-state index in [4.69, 9.17) is 0 Å². The van der Waals surface area contributed by atoms with Gasteiger partial charge in [0.25, 0.3) is 0 Å². The molecule has 0 aliphatic carbocycles. The molecule has 1 aromatic heterocycles. The molecule has 5 heteroatoms. The molecule has 0 saturated carbocycles. The van der Waals surface area contributed by atoms with E-state index in [1.54, 1.807) is 0 Å². The lowest BCUT2D eigenvalue weighted by Gasteiger charge is -2.35. The predicted molar refractivity (Wildman–Crippen MR) is 100 cm³/mol. The SMILES string of the molecule is CC[C@@H](C(=O)NC(C)(C)C)N1CCc2[nH]nc(-c3ccccc3)c2C1. The highest BCUT2D eigenvalue weighted by Crippen LogP contribution is 2.29. The summed E-state index contributed by atoms with van der Waals surface area (Å²) in [4.78, 5) is 15.0. The van der Waals surface area contributed by atoms with Crippen LogP contribution >= 0.6 is 0 Å². The average molecular weight is 340 g/mol. The number of aromatic nitrogens is 2. The third-order valence-corrected chi connectivity index (χ3v) is 4.64. The second-order valence-electron chi connectivity index (χ2n) is 7.78. The molecule has 0 spiro atoms. The van der Waals surface area contributed by atoms with Crippen LogP contribution in [0.3, 0.4) is 0 Å². The maximum absolute atomic E-state index is 12.7. The first-order valence-electron chi connectivity index (χ1n) is 9.06. The van der Waals surface area contributed by atoms with Gasteiger partial charge in [0, 0.05) is 41.9 Å². The van der Waals surface area contributed by atoms with Gasteiger partial charge in [-0.2, -0.15) is 5.10 Å². The number of H-pyrrole nitrogens is 1. The van der Waals surface area contributed by atoms with Crippen LogP contribution in [0.5, 0.6) is 0 Å². The van der Waals surface area contributed by atoms with Crippen LogP contribution < -0.4 is 5.32 Å². The minimum absolute atomic E-state index is 0.106. The third-order valence-electron chi connectivity index (χ3n) is 4.64. The zero-order valence-corrected chi connectivity index (χ0v) is 15.6. The quantitative estimate of drug-likeness (QED) is 0.899. The molecule has 0 unspecified atom stereocenters. The van der Waals surface area contributed by atoms with E-state index in [9.17, 15) is 4.79 Å². The van der Waals surface area contributed by atoms with Gasteiger partial charge in [0.1, 0.15) is 0 Å². The molecule has 2 aromatic rings. The summed E-state index contributed by atoms with van der Waals surface area (Å²) in [5, 5.41) is 10.9. The number of nitrogens with one attached hydrogen (secondary N) is 2. The second kappa shape index (κ2) is 7.00. The van der Waals surface area contributed by atoms with Crippen molar-refractivity contribution in [1.82, 2.24) is 20.4 Å². The molecule has 1 atom stereocenters. The zero-order chi connectivity index (χ0) is 18.0. The lowest BCUT2D eigenvalue weighted by molar-refractivity contribution is -0.128. The Labute approximate surface area is 149 Å². The van der Waals surface area contributed by atoms with Crippen LogP contribution in [0, 0.1) is 0 Å². The molecule has 2 N–H and O–H groups in total. The van der Waals surface area contributed by atoms with E-state index >= 15 is 0 Å². The van der Waals surface area contributed by atoms with Crippen LogP contribution in [0.2, 0.25) is 0 Å². The molecule has 0 saturated heterocycles. The van der Waals surface area contributed by atoms with Crippen molar-refractivity contribution in [3.8, 4) is 11.3 Å². The van der Waals surface area contributed by atoms with Crippen LogP contribution in [-0.4, -0.2) is 39.1 Å². The van der Waals surface area contributed by atoms with Crippen molar-refractivity contribution in [3.05, 3.63) is 41.6 Å². The van der Waals surface area contributed by atoms with Gasteiger partial charge in [-0.25, -0.2) is 0 Å². The number of amides is 1. The number of aromatic amines is 1. The normalized spacial score (nSPS) is 16.3. The Hall–Kier alpha value is -2.14. The van der Waals surface area contributed by atoms with E-state index in [2.05, 4.69) is 39.5 Å². The van der Waals surface area contributed by atoms with Crippen molar-refractivity contribution in [1.29, 1.82) is 0 Å². The van der Waals surface area contributed by atoms with Gasteiger partial charge in [0.15, 0.2) is 0 Å². The topological polar surface area (TPSA) is 61.0 Å². The molecule has 0 bridgehead atoms. The van der Waals surface area contributed by atoms with E-state index in [1.807, 2.05) is 39.0 Å². The van der Waals surface area contributed by atoms with E-state index in [0.717, 1.165) is 37.2 Å². The zero-order valence-electron chi connectivity index (χ0n) is 15.6. The lowest BCUT2D eigenvalue weighted by Crippen LogP contribution is -2.52. The summed E-state index contributed by atoms with van der Waals surface area (Å²) in [5.74, 6) is 0.114. The van der Waals surface area contributed by atoms with Gasteiger partial charge in [-0.15, -0.1) is 0 Å². The summed E-state index contributed by atoms with van der Waals surface area (Å²) in [6.45, 7) is 9.78. The highest BCUT2D eigenvalue weighted by molar-refractivity contribution is 5.82. The molecule has 2 heterocycles. The van der Waals surface area contributed by atoms with Crippen molar-refractivity contribution in [2.75, 3.05) is 6.54 Å². The van der Waals surface area contributed by atoms with Crippen LogP contribution in [0.25, 0.3) is 11.3 Å². The Balaban J connectivity index is 1.82. The number of carbonyl (C=O) groups excluding carboxylic acids is 1. The van der Waals surface area contributed by atoms with Crippen LogP contribution in [0.1, 0.15) is 45.4 Å². The molecule has 5 nitrogen and oxygen atoms in total.